The summed E-state index contributed by atoms with van der Waals surface area (Å²) in [5.41, 5.74) is 1.52. The molecule has 2 aromatic rings. The van der Waals surface area contributed by atoms with Gasteiger partial charge in [0.15, 0.2) is 0 Å². The van der Waals surface area contributed by atoms with Crippen LogP contribution in [0.2, 0.25) is 0 Å². The van der Waals surface area contributed by atoms with Crippen LogP contribution >= 0.6 is 11.6 Å². The fourth-order valence-corrected chi connectivity index (χ4v) is 2.73. The largest absolute Gasteiger partial charge is 0.478 e. The number of hydrogen-bond acceptors (Lipinski definition) is 4. The number of para-hydroxylation sites is 1. The Morgan fingerprint density at radius 1 is 1.08 bits per heavy atom. The van der Waals surface area contributed by atoms with Gasteiger partial charge in [-0.15, -0.1) is 0 Å². The first-order valence-electron chi connectivity index (χ1n) is 7.34. The third-order valence-electron chi connectivity index (χ3n) is 3.76. The van der Waals surface area contributed by atoms with E-state index >= 15 is 0 Å². The predicted octanol–water partition coefficient (Wildman–Crippen LogP) is 3.13. The third-order valence-corrected chi connectivity index (χ3v) is 4.11. The van der Waals surface area contributed by atoms with Crippen LogP contribution in [0.3, 0.4) is 0 Å². The molecule has 0 fully saturated rings. The molecule has 2 amide bonds. The first kappa shape index (κ1) is 16.7. The van der Waals surface area contributed by atoms with E-state index in [0.717, 1.165) is 10.5 Å². The van der Waals surface area contributed by atoms with E-state index in [4.69, 9.17) is 16.7 Å². The zero-order chi connectivity index (χ0) is 18.1. The fraction of sp³-hybridized carbons (Fsp3) is 0.0556. The predicted molar refractivity (Wildman–Crippen MR) is 93.6 cm³/mol. The minimum atomic E-state index is -1.10. The Morgan fingerprint density at radius 2 is 1.80 bits per heavy atom. The number of rotatable bonds is 4. The highest BCUT2D eigenvalue weighted by atomic mass is 35.5. The van der Waals surface area contributed by atoms with Crippen LogP contribution in [0, 0.1) is 6.92 Å². The molecule has 1 heterocycles. The average molecular weight is 357 g/mol. The van der Waals surface area contributed by atoms with Gasteiger partial charge in [0.25, 0.3) is 11.8 Å². The molecule has 0 aromatic heterocycles. The Morgan fingerprint density at radius 3 is 2.48 bits per heavy atom. The smallest absolute Gasteiger partial charge is 0.335 e. The van der Waals surface area contributed by atoms with Gasteiger partial charge in [0.2, 0.25) is 0 Å². The monoisotopic (exact) mass is 356 g/mol. The second-order valence-electron chi connectivity index (χ2n) is 5.43. The number of imide groups is 1. The number of halogens is 1. The van der Waals surface area contributed by atoms with Crippen molar-refractivity contribution in [2.75, 3.05) is 10.2 Å². The maximum atomic E-state index is 12.7. The second kappa shape index (κ2) is 6.41. The summed E-state index contributed by atoms with van der Waals surface area (Å²) in [5, 5.41) is 11.6. The van der Waals surface area contributed by atoms with Crippen molar-refractivity contribution in [3.05, 3.63) is 70.4 Å². The SMILES string of the molecule is Cc1ccccc1N1C(=O)C(Cl)=C(Nc2cccc(C(=O)O)c2)C1=O. The van der Waals surface area contributed by atoms with Crippen molar-refractivity contribution in [2.45, 2.75) is 6.92 Å². The summed E-state index contributed by atoms with van der Waals surface area (Å²) in [6, 6.07) is 12.8. The Labute approximate surface area is 148 Å². The summed E-state index contributed by atoms with van der Waals surface area (Å²) >= 11 is 6.06. The van der Waals surface area contributed by atoms with E-state index in [1.54, 1.807) is 37.3 Å². The normalized spacial score (nSPS) is 14.2. The van der Waals surface area contributed by atoms with Gasteiger partial charge in [-0.3, -0.25) is 9.59 Å². The second-order valence-corrected chi connectivity index (χ2v) is 5.81. The van der Waals surface area contributed by atoms with Crippen LogP contribution in [0.4, 0.5) is 11.4 Å². The molecule has 0 radical (unpaired) electrons. The van der Waals surface area contributed by atoms with Gasteiger partial charge in [0, 0.05) is 5.69 Å². The number of carbonyl (C=O) groups excluding carboxylic acids is 2. The molecular formula is C18H13ClN2O4. The number of aromatic carboxylic acids is 1. The van der Waals surface area contributed by atoms with Gasteiger partial charge in [-0.25, -0.2) is 9.69 Å². The fourth-order valence-electron chi connectivity index (χ4n) is 2.52. The lowest BCUT2D eigenvalue weighted by atomic mass is 10.2. The first-order chi connectivity index (χ1) is 11.9. The molecule has 0 spiro atoms. The van der Waals surface area contributed by atoms with Gasteiger partial charge in [-0.05, 0) is 36.8 Å². The Balaban J connectivity index is 1.94. The number of benzene rings is 2. The van der Waals surface area contributed by atoms with Crippen molar-refractivity contribution in [1.82, 2.24) is 0 Å². The molecule has 2 aromatic carbocycles. The quantitative estimate of drug-likeness (QED) is 0.822. The molecule has 3 rings (SSSR count). The minimum absolute atomic E-state index is 0.0502. The molecule has 1 aliphatic heterocycles. The molecule has 0 unspecified atom stereocenters. The zero-order valence-corrected chi connectivity index (χ0v) is 13.9. The molecular weight excluding hydrogens is 344 g/mol. The standard InChI is InChI=1S/C18H13ClN2O4/c1-10-5-2-3-8-13(10)21-16(22)14(19)15(17(21)23)20-12-7-4-6-11(9-12)18(24)25/h2-9,20H,1H3,(H,24,25). The highest BCUT2D eigenvalue weighted by molar-refractivity contribution is 6.53. The van der Waals surface area contributed by atoms with E-state index < -0.39 is 17.8 Å². The molecule has 126 valence electrons. The Kier molecular flexibility index (Phi) is 4.29. The van der Waals surface area contributed by atoms with Crippen molar-refractivity contribution < 1.29 is 19.5 Å². The molecule has 1 aliphatic rings. The van der Waals surface area contributed by atoms with Gasteiger partial charge in [0.05, 0.1) is 11.3 Å². The van der Waals surface area contributed by atoms with Crippen LogP contribution < -0.4 is 10.2 Å². The molecule has 6 nitrogen and oxygen atoms in total. The number of hydrogen-bond donors (Lipinski definition) is 2. The number of carbonyl (C=O) groups is 3. The van der Waals surface area contributed by atoms with Crippen LogP contribution in [-0.2, 0) is 9.59 Å². The molecule has 7 heteroatoms. The summed E-state index contributed by atoms with van der Waals surface area (Å²) in [6.45, 7) is 1.78. The number of anilines is 2. The number of carboxylic acids is 1. The summed E-state index contributed by atoms with van der Waals surface area (Å²) in [6.07, 6.45) is 0. The topological polar surface area (TPSA) is 86.7 Å². The third kappa shape index (κ3) is 2.99. The van der Waals surface area contributed by atoms with Crippen LogP contribution in [0.5, 0.6) is 0 Å². The number of nitrogens with zero attached hydrogens (tertiary/aromatic N) is 1. The highest BCUT2D eigenvalue weighted by Gasteiger charge is 2.39. The lowest BCUT2D eigenvalue weighted by molar-refractivity contribution is -0.120. The maximum absolute atomic E-state index is 12.7. The molecule has 2 N–H and O–H groups in total. The Bertz CT molecular complexity index is 936. The van der Waals surface area contributed by atoms with E-state index in [-0.39, 0.29) is 16.3 Å². The lowest BCUT2D eigenvalue weighted by Crippen LogP contribution is -2.32. The van der Waals surface area contributed by atoms with Crippen molar-refractivity contribution in [3.8, 4) is 0 Å². The van der Waals surface area contributed by atoms with Gasteiger partial charge < -0.3 is 10.4 Å². The van der Waals surface area contributed by atoms with Crippen molar-refractivity contribution in [3.63, 3.8) is 0 Å². The number of nitrogens with one attached hydrogen (secondary N) is 1. The van der Waals surface area contributed by atoms with Crippen molar-refractivity contribution >= 4 is 40.8 Å². The van der Waals surface area contributed by atoms with Crippen molar-refractivity contribution in [1.29, 1.82) is 0 Å². The van der Waals surface area contributed by atoms with Gasteiger partial charge >= 0.3 is 5.97 Å². The average Bonchev–Trinajstić information content (AvgIpc) is 2.80. The van der Waals surface area contributed by atoms with Gasteiger partial charge in [-0.1, -0.05) is 35.9 Å². The van der Waals surface area contributed by atoms with Crippen LogP contribution in [0.25, 0.3) is 0 Å². The summed E-state index contributed by atoms with van der Waals surface area (Å²) in [4.78, 5) is 37.2. The van der Waals surface area contributed by atoms with E-state index in [0.29, 0.717) is 11.4 Å². The zero-order valence-electron chi connectivity index (χ0n) is 13.1. The number of aryl methyl sites for hydroxylation is 1. The minimum Gasteiger partial charge on any atom is -0.478 e. The van der Waals surface area contributed by atoms with Gasteiger partial charge in [-0.2, -0.15) is 0 Å². The maximum Gasteiger partial charge on any atom is 0.335 e. The van der Waals surface area contributed by atoms with E-state index in [1.807, 2.05) is 0 Å². The van der Waals surface area contributed by atoms with Crippen LogP contribution in [0.1, 0.15) is 15.9 Å². The van der Waals surface area contributed by atoms with Crippen LogP contribution in [-0.4, -0.2) is 22.9 Å². The molecule has 0 saturated carbocycles. The number of carboxylic acid groups (broad SMARTS) is 1. The molecule has 0 saturated heterocycles. The molecule has 0 aliphatic carbocycles. The Hall–Kier alpha value is -3.12. The first-order valence-corrected chi connectivity index (χ1v) is 7.72. The summed E-state index contributed by atoms with van der Waals surface area (Å²) in [7, 11) is 0. The van der Waals surface area contributed by atoms with Crippen molar-refractivity contribution in [2.24, 2.45) is 0 Å². The molecule has 25 heavy (non-hydrogen) atoms. The van der Waals surface area contributed by atoms with E-state index in [1.165, 1.54) is 18.2 Å². The van der Waals surface area contributed by atoms with Crippen LogP contribution in [0.15, 0.2) is 59.3 Å². The highest BCUT2D eigenvalue weighted by Crippen LogP contribution is 2.31. The summed E-state index contributed by atoms with van der Waals surface area (Å²) < 4.78 is 0. The van der Waals surface area contributed by atoms with Gasteiger partial charge in [0.1, 0.15) is 10.7 Å². The molecule has 0 atom stereocenters. The number of amides is 2. The lowest BCUT2D eigenvalue weighted by Gasteiger charge is -2.17. The van der Waals surface area contributed by atoms with E-state index in [9.17, 15) is 14.4 Å². The summed E-state index contributed by atoms with van der Waals surface area (Å²) in [5.74, 6) is -2.32. The van der Waals surface area contributed by atoms with E-state index in [2.05, 4.69) is 5.32 Å². The molecule has 0 bridgehead atoms.